The smallest absolute Gasteiger partial charge is 0.0535 e. The monoisotopic (exact) mass is 241 g/mol. The lowest BCUT2D eigenvalue weighted by Crippen LogP contribution is -2.37. The predicted octanol–water partition coefficient (Wildman–Crippen LogP) is 2.21. The van der Waals surface area contributed by atoms with Gasteiger partial charge in [-0.1, -0.05) is 6.92 Å². The fourth-order valence-electron chi connectivity index (χ4n) is 3.12. The van der Waals surface area contributed by atoms with E-state index in [1.807, 2.05) is 0 Å². The fourth-order valence-corrected chi connectivity index (χ4v) is 3.12. The predicted molar refractivity (Wildman–Crippen MR) is 69.2 cm³/mol. The van der Waals surface area contributed by atoms with Gasteiger partial charge in [-0.25, -0.2) is 0 Å². The van der Waals surface area contributed by atoms with Crippen LogP contribution in [0.25, 0.3) is 0 Å². The summed E-state index contributed by atoms with van der Waals surface area (Å²) in [6.45, 7) is 8.34. The van der Waals surface area contributed by atoms with E-state index in [-0.39, 0.29) is 0 Å². The van der Waals surface area contributed by atoms with Crippen LogP contribution in [-0.2, 0) is 9.47 Å². The lowest BCUT2D eigenvalue weighted by molar-refractivity contribution is 0.0426. The van der Waals surface area contributed by atoms with E-state index in [9.17, 15) is 0 Å². The summed E-state index contributed by atoms with van der Waals surface area (Å²) in [5.74, 6) is 0.855. The van der Waals surface area contributed by atoms with Crippen LogP contribution in [0.15, 0.2) is 0 Å². The molecular formula is C14H27NO2. The van der Waals surface area contributed by atoms with E-state index in [4.69, 9.17) is 9.47 Å². The molecule has 0 bridgehead atoms. The van der Waals surface area contributed by atoms with Gasteiger partial charge in [-0.3, -0.25) is 0 Å². The van der Waals surface area contributed by atoms with Gasteiger partial charge in [-0.2, -0.15) is 0 Å². The maximum absolute atomic E-state index is 5.66. The molecule has 2 aliphatic heterocycles. The van der Waals surface area contributed by atoms with Crippen molar-refractivity contribution >= 4 is 0 Å². The van der Waals surface area contributed by atoms with Gasteiger partial charge >= 0.3 is 0 Å². The Hall–Kier alpha value is -0.120. The highest BCUT2D eigenvalue weighted by Crippen LogP contribution is 2.37. The van der Waals surface area contributed by atoms with E-state index in [1.54, 1.807) is 0 Å². The molecule has 2 fully saturated rings. The molecule has 17 heavy (non-hydrogen) atoms. The van der Waals surface area contributed by atoms with Crippen molar-refractivity contribution in [2.24, 2.45) is 11.3 Å². The highest BCUT2D eigenvalue weighted by atomic mass is 16.5. The summed E-state index contributed by atoms with van der Waals surface area (Å²) in [6, 6.07) is 0. The minimum atomic E-state index is 0.414. The molecule has 0 aromatic rings. The van der Waals surface area contributed by atoms with Crippen molar-refractivity contribution in [1.29, 1.82) is 0 Å². The Bertz CT molecular complexity index is 208. The van der Waals surface area contributed by atoms with Crippen molar-refractivity contribution in [3.05, 3.63) is 0 Å². The third-order valence-corrected chi connectivity index (χ3v) is 4.17. The summed E-state index contributed by atoms with van der Waals surface area (Å²) >= 11 is 0. The van der Waals surface area contributed by atoms with Crippen LogP contribution in [0.5, 0.6) is 0 Å². The molecule has 2 rings (SSSR count). The Morgan fingerprint density at radius 1 is 1.18 bits per heavy atom. The van der Waals surface area contributed by atoms with Crippen LogP contribution in [0.1, 0.15) is 39.0 Å². The van der Waals surface area contributed by atoms with Gasteiger partial charge in [0.15, 0.2) is 0 Å². The van der Waals surface area contributed by atoms with Crippen molar-refractivity contribution in [2.45, 2.75) is 39.0 Å². The van der Waals surface area contributed by atoms with Crippen LogP contribution in [0.3, 0.4) is 0 Å². The summed E-state index contributed by atoms with van der Waals surface area (Å²) in [7, 11) is 0. The molecule has 0 spiro atoms. The second-order valence-corrected chi connectivity index (χ2v) is 5.74. The Kier molecular flexibility index (Phi) is 5.26. The average Bonchev–Trinajstić information content (AvgIpc) is 2.80. The Labute approximate surface area is 105 Å². The minimum Gasteiger partial charge on any atom is -0.381 e. The first kappa shape index (κ1) is 13.3. The second kappa shape index (κ2) is 6.72. The summed E-state index contributed by atoms with van der Waals surface area (Å²) < 4.78 is 11.1. The number of hydrogen-bond acceptors (Lipinski definition) is 3. The zero-order valence-corrected chi connectivity index (χ0v) is 11.2. The molecule has 0 radical (unpaired) electrons. The van der Waals surface area contributed by atoms with Gasteiger partial charge in [0, 0.05) is 31.8 Å². The van der Waals surface area contributed by atoms with Crippen molar-refractivity contribution in [3.8, 4) is 0 Å². The van der Waals surface area contributed by atoms with Crippen LogP contribution in [0, 0.1) is 11.3 Å². The van der Waals surface area contributed by atoms with Crippen molar-refractivity contribution < 1.29 is 9.47 Å². The zero-order chi connectivity index (χ0) is 12.0. The van der Waals surface area contributed by atoms with Crippen LogP contribution in [0.4, 0.5) is 0 Å². The molecule has 1 unspecified atom stereocenters. The van der Waals surface area contributed by atoms with Gasteiger partial charge in [-0.15, -0.1) is 0 Å². The largest absolute Gasteiger partial charge is 0.381 e. The van der Waals surface area contributed by atoms with Gasteiger partial charge in [0.2, 0.25) is 0 Å². The molecule has 2 aliphatic rings. The Morgan fingerprint density at radius 3 is 2.65 bits per heavy atom. The number of rotatable bonds is 6. The first-order valence-corrected chi connectivity index (χ1v) is 7.21. The van der Waals surface area contributed by atoms with Crippen LogP contribution < -0.4 is 5.32 Å². The van der Waals surface area contributed by atoms with Crippen molar-refractivity contribution in [2.75, 3.05) is 39.5 Å². The molecule has 0 aromatic carbocycles. The van der Waals surface area contributed by atoms with Gasteiger partial charge in [0.25, 0.3) is 0 Å². The fraction of sp³-hybridized carbons (Fsp3) is 1.00. The molecule has 3 nitrogen and oxygen atoms in total. The molecule has 0 saturated carbocycles. The van der Waals surface area contributed by atoms with E-state index in [2.05, 4.69) is 12.2 Å². The summed E-state index contributed by atoms with van der Waals surface area (Å²) in [4.78, 5) is 0. The lowest BCUT2D eigenvalue weighted by Gasteiger charge is -2.33. The highest BCUT2D eigenvalue weighted by Gasteiger charge is 2.37. The molecule has 1 N–H and O–H groups in total. The number of nitrogens with one attached hydrogen (secondary N) is 1. The van der Waals surface area contributed by atoms with Crippen molar-refractivity contribution in [3.63, 3.8) is 0 Å². The van der Waals surface area contributed by atoms with Gasteiger partial charge < -0.3 is 14.8 Å². The molecule has 0 aromatic heterocycles. The standard InChI is InChI=1S/C14H27NO2/c1-2-6-15-11-14(5-9-17-12-14)10-13-3-7-16-8-4-13/h13,15H,2-12H2,1H3. The Morgan fingerprint density at radius 2 is 2.00 bits per heavy atom. The topological polar surface area (TPSA) is 30.5 Å². The van der Waals surface area contributed by atoms with E-state index in [1.165, 1.54) is 32.1 Å². The molecule has 2 saturated heterocycles. The SMILES string of the molecule is CCCNCC1(CC2CCOCC2)CCOC1. The zero-order valence-electron chi connectivity index (χ0n) is 11.2. The van der Waals surface area contributed by atoms with Crippen LogP contribution in [-0.4, -0.2) is 39.5 Å². The van der Waals surface area contributed by atoms with Crippen molar-refractivity contribution in [1.82, 2.24) is 5.32 Å². The third-order valence-electron chi connectivity index (χ3n) is 4.17. The normalized spacial score (nSPS) is 30.9. The summed E-state index contributed by atoms with van der Waals surface area (Å²) in [6.07, 6.45) is 6.27. The van der Waals surface area contributed by atoms with Crippen LogP contribution >= 0.6 is 0 Å². The number of hydrogen-bond donors (Lipinski definition) is 1. The molecular weight excluding hydrogens is 214 g/mol. The molecule has 100 valence electrons. The molecule has 0 aliphatic carbocycles. The summed E-state index contributed by atoms with van der Waals surface area (Å²) in [5.41, 5.74) is 0.414. The number of ether oxygens (including phenoxy) is 2. The summed E-state index contributed by atoms with van der Waals surface area (Å²) in [5, 5.41) is 3.60. The van der Waals surface area contributed by atoms with Gasteiger partial charge in [0.1, 0.15) is 0 Å². The third kappa shape index (κ3) is 3.94. The quantitative estimate of drug-likeness (QED) is 0.723. The maximum Gasteiger partial charge on any atom is 0.0535 e. The van der Waals surface area contributed by atoms with Crippen LogP contribution in [0.2, 0.25) is 0 Å². The van der Waals surface area contributed by atoms with Gasteiger partial charge in [0.05, 0.1) is 6.61 Å². The first-order valence-electron chi connectivity index (χ1n) is 7.21. The lowest BCUT2D eigenvalue weighted by atomic mass is 9.76. The molecule has 0 amide bonds. The minimum absolute atomic E-state index is 0.414. The first-order chi connectivity index (χ1) is 8.35. The highest BCUT2D eigenvalue weighted by molar-refractivity contribution is 4.88. The molecule has 1 atom stereocenters. The van der Waals surface area contributed by atoms with E-state index in [0.29, 0.717) is 5.41 Å². The van der Waals surface area contributed by atoms with E-state index in [0.717, 1.165) is 45.4 Å². The van der Waals surface area contributed by atoms with E-state index < -0.39 is 0 Å². The van der Waals surface area contributed by atoms with Gasteiger partial charge in [-0.05, 0) is 44.6 Å². The second-order valence-electron chi connectivity index (χ2n) is 5.74. The molecule has 2 heterocycles. The molecule has 3 heteroatoms. The Balaban J connectivity index is 1.82. The average molecular weight is 241 g/mol. The maximum atomic E-state index is 5.66. The van der Waals surface area contributed by atoms with E-state index >= 15 is 0 Å².